The van der Waals surface area contributed by atoms with E-state index in [2.05, 4.69) is 6.92 Å². The van der Waals surface area contributed by atoms with Crippen LogP contribution in [0.25, 0.3) is 6.08 Å². The summed E-state index contributed by atoms with van der Waals surface area (Å²) in [6.45, 7) is 6.12. The van der Waals surface area contributed by atoms with Crippen LogP contribution in [-0.2, 0) is 9.53 Å². The summed E-state index contributed by atoms with van der Waals surface area (Å²) >= 11 is 0. The second kappa shape index (κ2) is 10.8. The van der Waals surface area contributed by atoms with Gasteiger partial charge in [0.05, 0.1) is 6.61 Å². The SMILES string of the molecule is CCCCCCC(=Cc1ccc(F)cc1)/C=C(\C)C(=O)OCC. The van der Waals surface area contributed by atoms with Gasteiger partial charge in [0.2, 0.25) is 0 Å². The molecule has 1 aromatic carbocycles. The van der Waals surface area contributed by atoms with Crippen LogP contribution in [0.15, 0.2) is 41.5 Å². The Morgan fingerprint density at radius 3 is 2.43 bits per heavy atom. The van der Waals surface area contributed by atoms with Crippen molar-refractivity contribution in [3.05, 3.63) is 52.9 Å². The standard InChI is InChI=1S/C20H27FO2/c1-4-6-7-8-9-18(14-16(3)20(22)23-5-2)15-17-10-12-19(21)13-11-17/h10-15H,4-9H2,1-3H3/b16-14+,18-15?. The van der Waals surface area contributed by atoms with Crippen LogP contribution in [0.5, 0.6) is 0 Å². The van der Waals surface area contributed by atoms with Gasteiger partial charge in [0.25, 0.3) is 0 Å². The van der Waals surface area contributed by atoms with Gasteiger partial charge in [-0.3, -0.25) is 0 Å². The molecule has 0 aliphatic rings. The van der Waals surface area contributed by atoms with Gasteiger partial charge in [-0.15, -0.1) is 0 Å². The van der Waals surface area contributed by atoms with E-state index in [1.807, 2.05) is 12.2 Å². The number of ether oxygens (including phenoxy) is 1. The van der Waals surface area contributed by atoms with E-state index in [4.69, 9.17) is 4.74 Å². The molecule has 0 amide bonds. The molecule has 0 radical (unpaired) electrons. The van der Waals surface area contributed by atoms with Gasteiger partial charge in [0.15, 0.2) is 0 Å². The van der Waals surface area contributed by atoms with Crippen LogP contribution >= 0.6 is 0 Å². The quantitative estimate of drug-likeness (QED) is 0.253. The molecule has 0 aliphatic carbocycles. The van der Waals surface area contributed by atoms with Gasteiger partial charge in [-0.2, -0.15) is 0 Å². The molecule has 126 valence electrons. The maximum Gasteiger partial charge on any atom is 0.333 e. The lowest BCUT2D eigenvalue weighted by Gasteiger charge is -2.06. The lowest BCUT2D eigenvalue weighted by atomic mass is 10.0. The molecular weight excluding hydrogens is 291 g/mol. The first-order valence-electron chi connectivity index (χ1n) is 8.38. The first-order valence-corrected chi connectivity index (χ1v) is 8.38. The highest BCUT2D eigenvalue weighted by Crippen LogP contribution is 2.18. The summed E-state index contributed by atoms with van der Waals surface area (Å²) in [5.74, 6) is -0.532. The van der Waals surface area contributed by atoms with Crippen molar-refractivity contribution in [2.75, 3.05) is 6.61 Å². The van der Waals surface area contributed by atoms with Gasteiger partial charge in [0.1, 0.15) is 5.82 Å². The summed E-state index contributed by atoms with van der Waals surface area (Å²) in [5.41, 5.74) is 2.60. The van der Waals surface area contributed by atoms with Crippen molar-refractivity contribution in [2.45, 2.75) is 52.9 Å². The molecule has 0 heterocycles. The van der Waals surface area contributed by atoms with Gasteiger partial charge in [-0.05, 0) is 56.0 Å². The van der Waals surface area contributed by atoms with E-state index < -0.39 is 0 Å². The maximum atomic E-state index is 13.0. The lowest BCUT2D eigenvalue weighted by Crippen LogP contribution is -2.05. The second-order valence-corrected chi connectivity index (χ2v) is 5.63. The van der Waals surface area contributed by atoms with E-state index in [1.54, 1.807) is 26.0 Å². The normalized spacial score (nSPS) is 12.3. The minimum Gasteiger partial charge on any atom is -0.463 e. The molecule has 0 saturated heterocycles. The van der Waals surface area contributed by atoms with Crippen LogP contribution in [-0.4, -0.2) is 12.6 Å². The summed E-state index contributed by atoms with van der Waals surface area (Å²) in [4.78, 5) is 11.8. The Balaban J connectivity index is 2.89. The number of benzene rings is 1. The van der Waals surface area contributed by atoms with Crippen molar-refractivity contribution < 1.29 is 13.9 Å². The molecule has 0 N–H and O–H groups in total. The van der Waals surface area contributed by atoms with Crippen molar-refractivity contribution in [2.24, 2.45) is 0 Å². The van der Waals surface area contributed by atoms with Crippen LogP contribution in [0.2, 0.25) is 0 Å². The molecule has 23 heavy (non-hydrogen) atoms. The first kappa shape index (κ1) is 19.1. The predicted molar refractivity (Wildman–Crippen MR) is 93.5 cm³/mol. The number of carbonyl (C=O) groups is 1. The average molecular weight is 318 g/mol. The van der Waals surface area contributed by atoms with Crippen LogP contribution in [0, 0.1) is 5.82 Å². The Kier molecular flexibility index (Phi) is 8.96. The number of carbonyl (C=O) groups excluding carboxylic acids is 1. The number of hydrogen-bond acceptors (Lipinski definition) is 2. The summed E-state index contributed by atoms with van der Waals surface area (Å²) in [7, 11) is 0. The maximum absolute atomic E-state index is 13.0. The molecular formula is C20H27FO2. The Bertz CT molecular complexity index is 541. The Morgan fingerprint density at radius 2 is 1.83 bits per heavy atom. The third-order valence-corrected chi connectivity index (χ3v) is 3.54. The third kappa shape index (κ3) is 7.78. The van der Waals surface area contributed by atoms with Crippen molar-refractivity contribution in [3.8, 4) is 0 Å². The van der Waals surface area contributed by atoms with Crippen LogP contribution in [0.4, 0.5) is 4.39 Å². The highest BCUT2D eigenvalue weighted by Gasteiger charge is 2.06. The molecule has 0 spiro atoms. The van der Waals surface area contributed by atoms with Crippen molar-refractivity contribution in [1.29, 1.82) is 0 Å². The molecule has 0 bridgehead atoms. The van der Waals surface area contributed by atoms with Crippen LogP contribution < -0.4 is 0 Å². The topological polar surface area (TPSA) is 26.3 Å². The van der Waals surface area contributed by atoms with Crippen molar-refractivity contribution >= 4 is 12.0 Å². The number of halogens is 1. The summed E-state index contributed by atoms with van der Waals surface area (Å²) < 4.78 is 18.0. The van der Waals surface area contributed by atoms with Crippen molar-refractivity contribution in [1.82, 2.24) is 0 Å². The molecule has 0 saturated carbocycles. The number of esters is 1. The molecule has 0 fully saturated rings. The van der Waals surface area contributed by atoms with Crippen molar-refractivity contribution in [3.63, 3.8) is 0 Å². The van der Waals surface area contributed by atoms with Gasteiger partial charge < -0.3 is 4.74 Å². The summed E-state index contributed by atoms with van der Waals surface area (Å²) in [6.07, 6.45) is 9.44. The zero-order valence-corrected chi connectivity index (χ0v) is 14.4. The minimum atomic E-state index is -0.286. The molecule has 3 heteroatoms. The largest absolute Gasteiger partial charge is 0.463 e. The average Bonchev–Trinajstić information content (AvgIpc) is 2.53. The van der Waals surface area contributed by atoms with E-state index in [1.165, 1.54) is 31.4 Å². The third-order valence-electron chi connectivity index (χ3n) is 3.54. The molecule has 0 aromatic heterocycles. The Hall–Kier alpha value is -1.90. The highest BCUT2D eigenvalue weighted by atomic mass is 19.1. The molecule has 0 unspecified atom stereocenters. The lowest BCUT2D eigenvalue weighted by molar-refractivity contribution is -0.138. The van der Waals surface area contributed by atoms with Gasteiger partial charge in [-0.25, -0.2) is 9.18 Å². The smallest absolute Gasteiger partial charge is 0.333 e. The molecule has 0 atom stereocenters. The molecule has 1 aromatic rings. The summed E-state index contributed by atoms with van der Waals surface area (Å²) in [5, 5.41) is 0. The van der Waals surface area contributed by atoms with Gasteiger partial charge in [0, 0.05) is 5.57 Å². The van der Waals surface area contributed by atoms with E-state index in [9.17, 15) is 9.18 Å². The molecule has 2 nitrogen and oxygen atoms in total. The Morgan fingerprint density at radius 1 is 1.13 bits per heavy atom. The van der Waals surface area contributed by atoms with E-state index in [-0.39, 0.29) is 11.8 Å². The number of allylic oxidation sites excluding steroid dienone is 2. The number of hydrogen-bond donors (Lipinski definition) is 0. The molecule has 1 rings (SSSR count). The monoisotopic (exact) mass is 318 g/mol. The molecule has 0 aliphatic heterocycles. The second-order valence-electron chi connectivity index (χ2n) is 5.63. The van der Waals surface area contributed by atoms with Crippen LogP contribution in [0.3, 0.4) is 0 Å². The van der Waals surface area contributed by atoms with E-state index in [0.717, 1.165) is 24.0 Å². The Labute approximate surface area is 139 Å². The van der Waals surface area contributed by atoms with Crippen LogP contribution in [0.1, 0.15) is 58.4 Å². The number of rotatable bonds is 9. The fourth-order valence-corrected chi connectivity index (χ4v) is 2.30. The fourth-order valence-electron chi connectivity index (χ4n) is 2.30. The minimum absolute atomic E-state index is 0.245. The first-order chi connectivity index (χ1) is 11.1. The van der Waals surface area contributed by atoms with Gasteiger partial charge in [-0.1, -0.05) is 44.4 Å². The zero-order chi connectivity index (χ0) is 17.1. The summed E-state index contributed by atoms with van der Waals surface area (Å²) in [6, 6.07) is 6.38. The highest BCUT2D eigenvalue weighted by molar-refractivity contribution is 5.88. The zero-order valence-electron chi connectivity index (χ0n) is 14.4. The van der Waals surface area contributed by atoms with E-state index in [0.29, 0.717) is 12.2 Å². The predicted octanol–water partition coefficient (Wildman–Crippen LogP) is 5.69. The fraction of sp³-hybridized carbons (Fsp3) is 0.450. The van der Waals surface area contributed by atoms with Gasteiger partial charge >= 0.3 is 5.97 Å². The van der Waals surface area contributed by atoms with E-state index >= 15 is 0 Å². The number of unbranched alkanes of at least 4 members (excludes halogenated alkanes) is 3.